The predicted octanol–water partition coefficient (Wildman–Crippen LogP) is 2.16. The van der Waals surface area contributed by atoms with Crippen LogP contribution in [0.2, 0.25) is 0 Å². The normalized spacial score (nSPS) is 27.9. The highest BCUT2D eigenvalue weighted by atomic mass is 15.3. The van der Waals surface area contributed by atoms with Crippen LogP contribution in [0.15, 0.2) is 4.99 Å². The zero-order valence-electron chi connectivity index (χ0n) is 12.2. The van der Waals surface area contributed by atoms with Crippen LogP contribution in [0.25, 0.3) is 0 Å². The van der Waals surface area contributed by atoms with E-state index in [0.29, 0.717) is 22.9 Å². The summed E-state index contributed by atoms with van der Waals surface area (Å²) in [6.45, 7) is 9.43. The quantitative estimate of drug-likeness (QED) is 0.305. The van der Waals surface area contributed by atoms with Crippen molar-refractivity contribution < 1.29 is 0 Å². The highest BCUT2D eigenvalue weighted by Gasteiger charge is 2.38. The Balaban J connectivity index is 1.99. The van der Waals surface area contributed by atoms with Crippen LogP contribution in [-0.4, -0.2) is 18.0 Å². The molecule has 0 amide bonds. The Morgan fingerprint density at radius 3 is 2.11 bits per heavy atom. The van der Waals surface area contributed by atoms with Gasteiger partial charge in [-0.2, -0.15) is 0 Å². The van der Waals surface area contributed by atoms with Gasteiger partial charge in [-0.25, -0.2) is 10.8 Å². The summed E-state index contributed by atoms with van der Waals surface area (Å²) >= 11 is 0. The molecule has 4 nitrogen and oxygen atoms in total. The number of nitrogens with zero attached hydrogens (tertiary/aromatic N) is 1. The molecule has 4 N–H and O–H groups in total. The maximum atomic E-state index is 5.56. The van der Waals surface area contributed by atoms with Crippen LogP contribution in [-0.2, 0) is 0 Å². The summed E-state index contributed by atoms with van der Waals surface area (Å²) in [7, 11) is 0. The SMILES string of the molecule is CC1(C)CC(NC(=NC2CC2)NN)CC(C)(C)C1. The van der Waals surface area contributed by atoms with Gasteiger partial charge in [0.15, 0.2) is 0 Å². The molecule has 0 aliphatic heterocycles. The fourth-order valence-corrected chi connectivity index (χ4v) is 3.64. The highest BCUT2D eigenvalue weighted by Crippen LogP contribution is 2.45. The van der Waals surface area contributed by atoms with Crippen LogP contribution in [0, 0.1) is 10.8 Å². The molecule has 2 aliphatic rings. The topological polar surface area (TPSA) is 62.4 Å². The van der Waals surface area contributed by atoms with Crippen molar-refractivity contribution >= 4 is 5.96 Å². The van der Waals surface area contributed by atoms with Crippen molar-refractivity contribution in [3.8, 4) is 0 Å². The number of hydrazine groups is 1. The molecule has 0 aromatic heterocycles. The van der Waals surface area contributed by atoms with Gasteiger partial charge in [-0.15, -0.1) is 0 Å². The lowest BCUT2D eigenvalue weighted by molar-refractivity contribution is 0.0918. The molecular weight excluding hydrogens is 224 g/mol. The van der Waals surface area contributed by atoms with Crippen LogP contribution >= 0.6 is 0 Å². The summed E-state index contributed by atoms with van der Waals surface area (Å²) in [5.41, 5.74) is 3.49. The fraction of sp³-hybridized carbons (Fsp3) is 0.929. The third-order valence-electron chi connectivity index (χ3n) is 3.89. The van der Waals surface area contributed by atoms with Crippen molar-refractivity contribution in [3.63, 3.8) is 0 Å². The lowest BCUT2D eigenvalue weighted by atomic mass is 9.63. The molecule has 0 atom stereocenters. The number of aliphatic imine (C=N–C) groups is 1. The molecule has 0 aromatic carbocycles. The Labute approximate surface area is 111 Å². The molecule has 2 saturated carbocycles. The predicted molar refractivity (Wildman–Crippen MR) is 76.1 cm³/mol. The standard InChI is InChI=1S/C14H28N4/c1-13(2)7-11(8-14(3,4)9-13)17-12(18-15)16-10-5-6-10/h10-11H,5-9,15H2,1-4H3,(H2,16,17,18). The number of hydrogen-bond donors (Lipinski definition) is 3. The van der Waals surface area contributed by atoms with Gasteiger partial charge in [0, 0.05) is 6.04 Å². The van der Waals surface area contributed by atoms with E-state index < -0.39 is 0 Å². The molecule has 0 aromatic rings. The lowest BCUT2D eigenvalue weighted by Crippen LogP contribution is -2.51. The average molecular weight is 252 g/mol. The van der Waals surface area contributed by atoms with E-state index in [9.17, 15) is 0 Å². The Kier molecular flexibility index (Phi) is 3.58. The van der Waals surface area contributed by atoms with E-state index in [1.54, 1.807) is 0 Å². The molecule has 18 heavy (non-hydrogen) atoms. The highest BCUT2D eigenvalue weighted by molar-refractivity contribution is 5.79. The third-order valence-corrected chi connectivity index (χ3v) is 3.89. The molecule has 0 bridgehead atoms. The molecule has 2 rings (SSSR count). The van der Waals surface area contributed by atoms with Crippen molar-refractivity contribution in [2.24, 2.45) is 21.7 Å². The van der Waals surface area contributed by atoms with E-state index in [-0.39, 0.29) is 0 Å². The molecule has 2 aliphatic carbocycles. The summed E-state index contributed by atoms with van der Waals surface area (Å²) in [6, 6.07) is 0.963. The van der Waals surface area contributed by atoms with Gasteiger partial charge in [0.1, 0.15) is 0 Å². The first kappa shape index (κ1) is 13.7. The Morgan fingerprint density at radius 1 is 1.11 bits per heavy atom. The first-order valence-corrected chi connectivity index (χ1v) is 7.11. The molecule has 0 spiro atoms. The second kappa shape index (κ2) is 4.72. The smallest absolute Gasteiger partial charge is 0.206 e. The van der Waals surface area contributed by atoms with Gasteiger partial charge in [0.25, 0.3) is 0 Å². The number of nitrogens with two attached hydrogens (primary N) is 1. The summed E-state index contributed by atoms with van der Waals surface area (Å²) < 4.78 is 0. The van der Waals surface area contributed by atoms with Crippen molar-refractivity contribution in [1.29, 1.82) is 0 Å². The van der Waals surface area contributed by atoms with Gasteiger partial charge in [-0.05, 0) is 42.9 Å². The monoisotopic (exact) mass is 252 g/mol. The van der Waals surface area contributed by atoms with Crippen molar-refractivity contribution in [2.75, 3.05) is 0 Å². The molecule has 0 saturated heterocycles. The number of nitrogens with one attached hydrogen (secondary N) is 2. The van der Waals surface area contributed by atoms with E-state index in [1.165, 1.54) is 32.1 Å². The minimum absolute atomic E-state index is 0.388. The van der Waals surface area contributed by atoms with E-state index in [4.69, 9.17) is 5.84 Å². The van der Waals surface area contributed by atoms with E-state index in [0.717, 1.165) is 5.96 Å². The van der Waals surface area contributed by atoms with Crippen molar-refractivity contribution in [3.05, 3.63) is 0 Å². The summed E-state index contributed by atoms with van der Waals surface area (Å²) in [4.78, 5) is 4.57. The fourth-order valence-electron chi connectivity index (χ4n) is 3.64. The minimum atomic E-state index is 0.388. The first-order chi connectivity index (χ1) is 8.30. The Hall–Kier alpha value is -0.770. The van der Waals surface area contributed by atoms with Gasteiger partial charge in [0.2, 0.25) is 5.96 Å². The maximum absolute atomic E-state index is 5.56. The zero-order valence-corrected chi connectivity index (χ0v) is 12.2. The molecule has 4 heteroatoms. The van der Waals surface area contributed by atoms with Crippen molar-refractivity contribution in [2.45, 2.75) is 71.9 Å². The average Bonchev–Trinajstić information content (AvgIpc) is 2.95. The number of hydrogen-bond acceptors (Lipinski definition) is 2. The Bertz CT molecular complexity index is 313. The van der Waals surface area contributed by atoms with Gasteiger partial charge >= 0.3 is 0 Å². The molecule has 0 heterocycles. The Morgan fingerprint density at radius 2 is 1.67 bits per heavy atom. The van der Waals surface area contributed by atoms with Crippen LogP contribution in [0.5, 0.6) is 0 Å². The largest absolute Gasteiger partial charge is 0.353 e. The minimum Gasteiger partial charge on any atom is -0.353 e. The third kappa shape index (κ3) is 3.87. The van der Waals surface area contributed by atoms with Crippen LogP contribution in [0.4, 0.5) is 0 Å². The van der Waals surface area contributed by atoms with Crippen molar-refractivity contribution in [1.82, 2.24) is 10.7 Å². The second-order valence-electron chi connectivity index (χ2n) is 7.61. The maximum Gasteiger partial charge on any atom is 0.206 e. The molecule has 2 fully saturated rings. The lowest BCUT2D eigenvalue weighted by Gasteiger charge is -2.45. The van der Waals surface area contributed by atoms with Crippen LogP contribution in [0.1, 0.15) is 59.8 Å². The first-order valence-electron chi connectivity index (χ1n) is 7.11. The van der Waals surface area contributed by atoms with Gasteiger partial charge in [-0.3, -0.25) is 5.43 Å². The van der Waals surface area contributed by atoms with E-state index in [2.05, 4.69) is 43.4 Å². The zero-order chi connectivity index (χ0) is 13.4. The molecule has 0 unspecified atom stereocenters. The van der Waals surface area contributed by atoms with E-state index >= 15 is 0 Å². The number of rotatable bonds is 2. The summed E-state index contributed by atoms with van der Waals surface area (Å²) in [6.07, 6.45) is 6.05. The second-order valence-corrected chi connectivity index (χ2v) is 7.61. The van der Waals surface area contributed by atoms with E-state index in [1.807, 2.05) is 0 Å². The number of guanidine groups is 1. The van der Waals surface area contributed by atoms with Gasteiger partial charge in [0.05, 0.1) is 6.04 Å². The van der Waals surface area contributed by atoms with Gasteiger partial charge < -0.3 is 5.32 Å². The van der Waals surface area contributed by atoms with Crippen LogP contribution in [0.3, 0.4) is 0 Å². The summed E-state index contributed by atoms with van der Waals surface area (Å²) in [5.74, 6) is 6.33. The molecular formula is C14H28N4. The molecule has 0 radical (unpaired) electrons. The molecule has 104 valence electrons. The summed E-state index contributed by atoms with van der Waals surface area (Å²) in [5, 5.41) is 3.50. The van der Waals surface area contributed by atoms with Crippen LogP contribution < -0.4 is 16.6 Å². The van der Waals surface area contributed by atoms with Gasteiger partial charge in [-0.1, -0.05) is 27.7 Å².